The number of hydrogen-bond acceptors (Lipinski definition) is 5. The molecule has 148 valence electrons. The van der Waals surface area contributed by atoms with E-state index in [2.05, 4.69) is 5.32 Å². The average molecular weight is 401 g/mol. The van der Waals surface area contributed by atoms with E-state index in [-0.39, 0.29) is 23.0 Å². The summed E-state index contributed by atoms with van der Waals surface area (Å²) >= 11 is 0. The van der Waals surface area contributed by atoms with Crippen LogP contribution in [0.2, 0.25) is 0 Å². The molecule has 1 heterocycles. The van der Waals surface area contributed by atoms with Crippen molar-refractivity contribution < 1.29 is 18.0 Å². The van der Waals surface area contributed by atoms with Gasteiger partial charge < -0.3 is 5.32 Å². The Morgan fingerprint density at radius 2 is 1.64 bits per heavy atom. The quantitative estimate of drug-likeness (QED) is 0.721. The smallest absolute Gasteiger partial charge is 0.243 e. The maximum atomic E-state index is 12.7. The predicted molar refractivity (Wildman–Crippen MR) is 108 cm³/mol. The predicted octanol–water partition coefficient (Wildman–Crippen LogP) is 3.36. The van der Waals surface area contributed by atoms with Crippen LogP contribution in [0.25, 0.3) is 0 Å². The molecule has 1 fully saturated rings. The van der Waals surface area contributed by atoms with Crippen molar-refractivity contribution >= 4 is 27.3 Å². The second-order valence-corrected chi connectivity index (χ2v) is 8.84. The molecule has 1 aliphatic rings. The SMILES string of the molecule is CC(=O)c1cccc(NCC(=O)c2ccc(S(=O)(=O)N3CCCCC3)cc2)c1. The third kappa shape index (κ3) is 4.66. The summed E-state index contributed by atoms with van der Waals surface area (Å²) in [5.74, 6) is -0.198. The molecule has 0 radical (unpaired) electrons. The highest BCUT2D eigenvalue weighted by Gasteiger charge is 2.25. The van der Waals surface area contributed by atoms with Crippen LogP contribution in [0.3, 0.4) is 0 Å². The molecule has 0 bridgehead atoms. The van der Waals surface area contributed by atoms with Crippen LogP contribution in [-0.2, 0) is 10.0 Å². The minimum atomic E-state index is -3.50. The number of benzene rings is 2. The molecular formula is C21H24N2O4S. The molecule has 0 unspecified atom stereocenters. The Kier molecular flexibility index (Phi) is 6.26. The van der Waals surface area contributed by atoms with Gasteiger partial charge in [-0.3, -0.25) is 9.59 Å². The van der Waals surface area contributed by atoms with E-state index >= 15 is 0 Å². The summed E-state index contributed by atoms with van der Waals surface area (Å²) in [5.41, 5.74) is 1.70. The Morgan fingerprint density at radius 3 is 2.29 bits per heavy atom. The lowest BCUT2D eigenvalue weighted by atomic mass is 10.1. The fourth-order valence-electron chi connectivity index (χ4n) is 3.20. The lowest BCUT2D eigenvalue weighted by molar-refractivity contribution is 0.100. The van der Waals surface area contributed by atoms with Crippen LogP contribution in [-0.4, -0.2) is 43.9 Å². The molecule has 0 aliphatic carbocycles. The van der Waals surface area contributed by atoms with E-state index in [9.17, 15) is 18.0 Å². The number of rotatable bonds is 7. The first-order valence-corrected chi connectivity index (χ1v) is 10.8. The largest absolute Gasteiger partial charge is 0.378 e. The first-order valence-electron chi connectivity index (χ1n) is 9.36. The van der Waals surface area contributed by atoms with Gasteiger partial charge in [-0.15, -0.1) is 0 Å². The Morgan fingerprint density at radius 1 is 0.964 bits per heavy atom. The third-order valence-corrected chi connectivity index (χ3v) is 6.76. The number of piperidine rings is 1. The van der Waals surface area contributed by atoms with Crippen LogP contribution in [0.15, 0.2) is 53.4 Å². The van der Waals surface area contributed by atoms with Gasteiger partial charge in [0.25, 0.3) is 0 Å². The van der Waals surface area contributed by atoms with Crippen LogP contribution in [0, 0.1) is 0 Å². The number of sulfonamides is 1. The lowest BCUT2D eigenvalue weighted by Crippen LogP contribution is -2.35. The molecule has 0 aromatic heterocycles. The molecule has 0 spiro atoms. The molecular weight excluding hydrogens is 376 g/mol. The Bertz CT molecular complexity index is 962. The van der Waals surface area contributed by atoms with Crippen molar-refractivity contribution in [1.29, 1.82) is 0 Å². The van der Waals surface area contributed by atoms with Gasteiger partial charge in [0.1, 0.15) is 0 Å². The Balaban J connectivity index is 1.65. The summed E-state index contributed by atoms with van der Waals surface area (Å²) in [6.45, 7) is 2.64. The molecule has 0 amide bonds. The first-order chi connectivity index (χ1) is 13.4. The number of Topliss-reactive ketones (excluding diaryl/α,β-unsaturated/α-hetero) is 2. The topological polar surface area (TPSA) is 83.5 Å². The number of carbonyl (C=O) groups is 2. The van der Waals surface area contributed by atoms with E-state index in [1.807, 2.05) is 0 Å². The maximum absolute atomic E-state index is 12.7. The van der Waals surface area contributed by atoms with Crippen LogP contribution >= 0.6 is 0 Å². The summed E-state index contributed by atoms with van der Waals surface area (Å²) in [7, 11) is -3.50. The molecule has 7 heteroatoms. The number of anilines is 1. The maximum Gasteiger partial charge on any atom is 0.243 e. The summed E-state index contributed by atoms with van der Waals surface area (Å²) in [5, 5.41) is 3.01. The Labute approximate surface area is 165 Å². The first kappa shape index (κ1) is 20.2. The molecule has 28 heavy (non-hydrogen) atoms. The van der Waals surface area contributed by atoms with Crippen LogP contribution < -0.4 is 5.32 Å². The van der Waals surface area contributed by atoms with E-state index in [1.54, 1.807) is 36.4 Å². The van der Waals surface area contributed by atoms with E-state index in [4.69, 9.17) is 0 Å². The highest BCUT2D eigenvalue weighted by atomic mass is 32.2. The van der Waals surface area contributed by atoms with Gasteiger partial charge >= 0.3 is 0 Å². The molecule has 2 aromatic rings. The fraction of sp³-hybridized carbons (Fsp3) is 0.333. The van der Waals surface area contributed by atoms with Gasteiger partial charge in [-0.1, -0.05) is 18.6 Å². The van der Waals surface area contributed by atoms with Crippen LogP contribution in [0.5, 0.6) is 0 Å². The van der Waals surface area contributed by atoms with E-state index in [0.717, 1.165) is 19.3 Å². The lowest BCUT2D eigenvalue weighted by Gasteiger charge is -2.25. The second kappa shape index (κ2) is 8.67. The highest BCUT2D eigenvalue weighted by Crippen LogP contribution is 2.21. The van der Waals surface area contributed by atoms with Gasteiger partial charge in [0, 0.05) is 29.9 Å². The van der Waals surface area contributed by atoms with Crippen molar-refractivity contribution in [2.24, 2.45) is 0 Å². The summed E-state index contributed by atoms with van der Waals surface area (Å²) in [6.07, 6.45) is 2.82. The average Bonchev–Trinajstić information content (AvgIpc) is 2.73. The Hall–Kier alpha value is -2.51. The zero-order valence-corrected chi connectivity index (χ0v) is 16.7. The highest BCUT2D eigenvalue weighted by molar-refractivity contribution is 7.89. The number of nitrogens with one attached hydrogen (secondary N) is 1. The molecule has 0 saturated carbocycles. The number of ketones is 2. The fourth-order valence-corrected chi connectivity index (χ4v) is 4.72. The van der Waals surface area contributed by atoms with Gasteiger partial charge in [-0.05, 0) is 56.2 Å². The van der Waals surface area contributed by atoms with Crippen molar-refractivity contribution in [2.45, 2.75) is 31.1 Å². The molecule has 1 aliphatic heterocycles. The van der Waals surface area contributed by atoms with Crippen molar-refractivity contribution in [2.75, 3.05) is 25.0 Å². The standard InChI is InChI=1S/C21H24N2O4S/c1-16(24)18-6-5-7-19(14-18)22-15-21(25)17-8-10-20(11-9-17)28(26,27)23-12-3-2-4-13-23/h5-11,14,22H,2-4,12-13,15H2,1H3. The van der Waals surface area contributed by atoms with Crippen LogP contribution in [0.1, 0.15) is 46.9 Å². The molecule has 3 rings (SSSR count). The second-order valence-electron chi connectivity index (χ2n) is 6.90. The van der Waals surface area contributed by atoms with Crippen molar-refractivity contribution in [3.8, 4) is 0 Å². The third-order valence-electron chi connectivity index (χ3n) is 4.85. The van der Waals surface area contributed by atoms with Crippen molar-refractivity contribution in [3.05, 3.63) is 59.7 Å². The molecule has 0 atom stereocenters. The van der Waals surface area contributed by atoms with Crippen molar-refractivity contribution in [1.82, 2.24) is 4.31 Å². The number of carbonyl (C=O) groups excluding carboxylic acids is 2. The molecule has 6 nitrogen and oxygen atoms in total. The normalized spacial score (nSPS) is 15.2. The van der Waals surface area contributed by atoms with Crippen LogP contribution in [0.4, 0.5) is 5.69 Å². The van der Waals surface area contributed by atoms with Gasteiger partial charge in [0.05, 0.1) is 11.4 Å². The van der Waals surface area contributed by atoms with E-state index in [0.29, 0.717) is 29.9 Å². The monoisotopic (exact) mass is 400 g/mol. The van der Waals surface area contributed by atoms with Gasteiger partial charge in [-0.2, -0.15) is 4.31 Å². The minimum Gasteiger partial charge on any atom is -0.378 e. The molecule has 1 N–H and O–H groups in total. The number of nitrogens with zero attached hydrogens (tertiary/aromatic N) is 1. The van der Waals surface area contributed by atoms with Gasteiger partial charge in [-0.25, -0.2) is 8.42 Å². The van der Waals surface area contributed by atoms with Gasteiger partial charge in [0.2, 0.25) is 10.0 Å². The molecule has 1 saturated heterocycles. The molecule has 2 aromatic carbocycles. The zero-order chi connectivity index (χ0) is 20.1. The van der Waals surface area contributed by atoms with Crippen molar-refractivity contribution in [3.63, 3.8) is 0 Å². The zero-order valence-electron chi connectivity index (χ0n) is 15.8. The summed E-state index contributed by atoms with van der Waals surface area (Å²) < 4.78 is 26.8. The summed E-state index contributed by atoms with van der Waals surface area (Å²) in [6, 6.07) is 13.0. The van der Waals surface area contributed by atoms with E-state index < -0.39 is 10.0 Å². The minimum absolute atomic E-state index is 0.0412. The number of hydrogen-bond donors (Lipinski definition) is 1. The van der Waals surface area contributed by atoms with E-state index in [1.165, 1.54) is 23.4 Å². The van der Waals surface area contributed by atoms with Gasteiger partial charge in [0.15, 0.2) is 11.6 Å². The summed E-state index contributed by atoms with van der Waals surface area (Å²) in [4.78, 5) is 24.1.